The highest BCUT2D eigenvalue weighted by molar-refractivity contribution is 5.93. The lowest BCUT2D eigenvalue weighted by molar-refractivity contribution is -0.121. The van der Waals surface area contributed by atoms with Crippen LogP contribution in [-0.2, 0) is 11.3 Å². The molecule has 22 heavy (non-hydrogen) atoms. The van der Waals surface area contributed by atoms with Crippen molar-refractivity contribution in [3.8, 4) is 0 Å². The number of carbonyl (C=O) groups excluding carboxylic acids is 2. The standard InChI is InChI=1S/C16H18N4O2/c21-15(18-12-13-4-2-1-3-5-13)8-11-19-20-16(22)14-6-9-17-10-7-14/h1-7,9-10,19H,8,11-12H2,(H,18,21)(H,20,22)/i6D,7D,9D,10D. The molecule has 2 amide bonds. The average Bonchev–Trinajstić information content (AvgIpc) is 2.63. The number of carbonyl (C=O) groups is 2. The predicted molar refractivity (Wildman–Crippen MR) is 82.6 cm³/mol. The summed E-state index contributed by atoms with van der Waals surface area (Å²) in [5, 5.41) is 2.74. The SMILES string of the molecule is [2H]c1nc([2H])c([2H])c(C(=O)NNCCC(=O)NCc2ccccc2)c1[2H]. The Labute approximate surface area is 134 Å². The van der Waals surface area contributed by atoms with Gasteiger partial charge in [-0.3, -0.25) is 20.0 Å². The molecular formula is C16H18N4O2. The van der Waals surface area contributed by atoms with Crippen molar-refractivity contribution in [2.45, 2.75) is 13.0 Å². The Kier molecular flexibility index (Phi) is 4.24. The van der Waals surface area contributed by atoms with Crippen LogP contribution in [-0.4, -0.2) is 23.3 Å². The Morgan fingerprint density at radius 1 is 1.14 bits per heavy atom. The molecule has 2 aromatic rings. The number of rotatable bonds is 7. The summed E-state index contributed by atoms with van der Waals surface area (Å²) >= 11 is 0. The third kappa shape index (κ3) is 5.34. The van der Waals surface area contributed by atoms with E-state index in [0.29, 0.717) is 6.54 Å². The molecule has 0 saturated heterocycles. The van der Waals surface area contributed by atoms with Gasteiger partial charge in [-0.25, -0.2) is 5.43 Å². The molecule has 0 radical (unpaired) electrons. The second-order valence-electron chi connectivity index (χ2n) is 4.35. The van der Waals surface area contributed by atoms with Gasteiger partial charge in [0.15, 0.2) is 0 Å². The molecule has 114 valence electrons. The van der Waals surface area contributed by atoms with Gasteiger partial charge >= 0.3 is 0 Å². The fourth-order valence-electron chi connectivity index (χ4n) is 1.61. The zero-order valence-electron chi connectivity index (χ0n) is 15.8. The molecule has 3 N–H and O–H groups in total. The highest BCUT2D eigenvalue weighted by Crippen LogP contribution is 1.97. The topological polar surface area (TPSA) is 83.1 Å². The number of amides is 2. The van der Waals surface area contributed by atoms with Crippen molar-refractivity contribution in [3.05, 3.63) is 65.9 Å². The molecule has 0 saturated carbocycles. The van der Waals surface area contributed by atoms with Gasteiger partial charge in [0, 0.05) is 37.4 Å². The van der Waals surface area contributed by atoms with Crippen LogP contribution in [0.25, 0.3) is 0 Å². The molecule has 2 rings (SSSR count). The van der Waals surface area contributed by atoms with E-state index in [9.17, 15) is 9.59 Å². The second-order valence-corrected chi connectivity index (χ2v) is 4.35. The van der Waals surface area contributed by atoms with Gasteiger partial charge in [0.05, 0.1) is 5.48 Å². The van der Waals surface area contributed by atoms with Crippen LogP contribution in [0.1, 0.15) is 27.8 Å². The van der Waals surface area contributed by atoms with Gasteiger partial charge in [-0.05, 0) is 17.6 Å². The largest absolute Gasteiger partial charge is 0.352 e. The van der Waals surface area contributed by atoms with Crippen LogP contribution in [0, 0.1) is 0 Å². The highest BCUT2D eigenvalue weighted by Gasteiger charge is 2.04. The van der Waals surface area contributed by atoms with Crippen molar-refractivity contribution < 1.29 is 15.1 Å². The predicted octanol–water partition coefficient (Wildman–Crippen LogP) is 1.02. The minimum atomic E-state index is -0.825. The van der Waals surface area contributed by atoms with Gasteiger partial charge in [-0.2, -0.15) is 0 Å². The molecule has 0 spiro atoms. The number of pyridine rings is 1. The van der Waals surface area contributed by atoms with E-state index < -0.39 is 35.9 Å². The van der Waals surface area contributed by atoms with Crippen LogP contribution in [0.4, 0.5) is 0 Å². The van der Waals surface area contributed by atoms with Crippen molar-refractivity contribution in [2.24, 2.45) is 0 Å². The molecule has 0 aliphatic heterocycles. The fraction of sp³-hybridized carbons (Fsp3) is 0.188. The van der Waals surface area contributed by atoms with E-state index in [4.69, 9.17) is 5.48 Å². The van der Waals surface area contributed by atoms with E-state index in [1.807, 2.05) is 30.3 Å². The van der Waals surface area contributed by atoms with E-state index in [1.54, 1.807) is 0 Å². The van der Waals surface area contributed by atoms with Crippen molar-refractivity contribution >= 4 is 11.8 Å². The first kappa shape index (κ1) is 10.9. The molecule has 0 unspecified atom stereocenters. The van der Waals surface area contributed by atoms with Crippen molar-refractivity contribution in [2.75, 3.05) is 6.54 Å². The summed E-state index contributed by atoms with van der Waals surface area (Å²) in [5.41, 5.74) is 5.37. The summed E-state index contributed by atoms with van der Waals surface area (Å²) in [6.07, 6.45) is -0.980. The number of hydrogen-bond donors (Lipinski definition) is 3. The van der Waals surface area contributed by atoms with E-state index in [1.165, 1.54) is 0 Å². The van der Waals surface area contributed by atoms with E-state index >= 15 is 0 Å². The zero-order chi connectivity index (χ0) is 19.1. The Balaban J connectivity index is 1.78. The van der Waals surface area contributed by atoms with Crippen LogP contribution in [0.2, 0.25) is 0 Å². The molecule has 1 aromatic heterocycles. The molecule has 6 nitrogen and oxygen atoms in total. The lowest BCUT2D eigenvalue weighted by Crippen LogP contribution is -2.39. The molecule has 0 atom stereocenters. The van der Waals surface area contributed by atoms with Crippen LogP contribution in [0.5, 0.6) is 0 Å². The van der Waals surface area contributed by atoms with Crippen molar-refractivity contribution in [1.29, 1.82) is 0 Å². The number of nitrogens with zero attached hydrogens (tertiary/aromatic N) is 1. The second kappa shape index (κ2) is 8.53. The maximum absolute atomic E-state index is 12.0. The Hall–Kier alpha value is -2.73. The van der Waals surface area contributed by atoms with Gasteiger partial charge in [-0.15, -0.1) is 0 Å². The number of nitrogens with one attached hydrogen (secondary N) is 3. The molecule has 0 bridgehead atoms. The third-order valence-electron chi connectivity index (χ3n) is 2.71. The van der Waals surface area contributed by atoms with E-state index in [-0.39, 0.29) is 18.9 Å². The van der Waals surface area contributed by atoms with Crippen molar-refractivity contribution in [3.63, 3.8) is 0 Å². The number of benzene rings is 1. The summed E-state index contributed by atoms with van der Waals surface area (Å²) < 4.78 is 30.1. The smallest absolute Gasteiger partial charge is 0.265 e. The van der Waals surface area contributed by atoms with Crippen LogP contribution < -0.4 is 16.2 Å². The number of hydrogen-bond acceptors (Lipinski definition) is 4. The third-order valence-corrected chi connectivity index (χ3v) is 2.71. The fourth-order valence-corrected chi connectivity index (χ4v) is 1.61. The van der Waals surface area contributed by atoms with Gasteiger partial charge in [0.2, 0.25) is 5.91 Å². The Bertz CT molecular complexity index is 776. The van der Waals surface area contributed by atoms with E-state index in [0.717, 1.165) is 5.56 Å². The minimum Gasteiger partial charge on any atom is -0.352 e. The van der Waals surface area contributed by atoms with Crippen LogP contribution in [0.3, 0.4) is 0 Å². The first-order chi connectivity index (χ1) is 12.4. The lowest BCUT2D eigenvalue weighted by atomic mass is 10.2. The summed E-state index contributed by atoms with van der Waals surface area (Å²) in [6, 6.07) is 8.39. The first-order valence-corrected chi connectivity index (χ1v) is 6.68. The number of hydrazine groups is 1. The summed E-state index contributed by atoms with van der Waals surface area (Å²) in [4.78, 5) is 27.2. The molecule has 0 aliphatic rings. The lowest BCUT2D eigenvalue weighted by Gasteiger charge is -2.08. The van der Waals surface area contributed by atoms with Crippen LogP contribution in [0.15, 0.2) is 54.8 Å². The van der Waals surface area contributed by atoms with Crippen molar-refractivity contribution in [1.82, 2.24) is 21.2 Å². The number of aromatic nitrogens is 1. The summed E-state index contributed by atoms with van der Waals surface area (Å²) in [6.45, 7) is 0.547. The molecule has 1 aromatic carbocycles. The molecule has 0 aliphatic carbocycles. The Morgan fingerprint density at radius 3 is 2.59 bits per heavy atom. The zero-order valence-corrected chi connectivity index (χ0v) is 11.8. The normalized spacial score (nSPS) is 12.5. The Morgan fingerprint density at radius 2 is 1.86 bits per heavy atom. The molecule has 6 heteroatoms. The van der Waals surface area contributed by atoms with Gasteiger partial charge in [-0.1, -0.05) is 30.3 Å². The summed E-state index contributed by atoms with van der Waals surface area (Å²) in [7, 11) is 0. The van der Waals surface area contributed by atoms with Gasteiger partial charge < -0.3 is 5.32 Å². The highest BCUT2D eigenvalue weighted by atomic mass is 16.2. The molecular weight excluding hydrogens is 280 g/mol. The van der Waals surface area contributed by atoms with Gasteiger partial charge in [0.25, 0.3) is 5.91 Å². The summed E-state index contributed by atoms with van der Waals surface area (Å²) in [5.74, 6) is -1.03. The van der Waals surface area contributed by atoms with Crippen LogP contribution >= 0.6 is 0 Å². The molecule has 1 heterocycles. The van der Waals surface area contributed by atoms with Gasteiger partial charge in [0.1, 0.15) is 0 Å². The van der Waals surface area contributed by atoms with E-state index in [2.05, 4.69) is 21.2 Å². The average molecular weight is 302 g/mol. The first-order valence-electron chi connectivity index (χ1n) is 8.68. The minimum absolute atomic E-state index is 0.109. The quantitative estimate of drug-likeness (QED) is 0.527. The maximum Gasteiger partial charge on any atom is 0.265 e. The molecule has 0 fully saturated rings. The maximum atomic E-state index is 12.0. The monoisotopic (exact) mass is 302 g/mol.